The third kappa shape index (κ3) is 3.15. The van der Waals surface area contributed by atoms with Gasteiger partial charge in [-0.3, -0.25) is 0 Å². The number of benzene rings is 1. The molecule has 0 aliphatic carbocycles. The van der Waals surface area contributed by atoms with Crippen LogP contribution in [0.4, 0.5) is 0 Å². The number of carbonyl (C=O) groups is 1. The van der Waals surface area contributed by atoms with Crippen molar-refractivity contribution in [2.24, 2.45) is 0 Å². The Morgan fingerprint density at radius 1 is 1.29 bits per heavy atom. The molecule has 4 heteroatoms. The summed E-state index contributed by atoms with van der Waals surface area (Å²) in [5, 5.41) is 0. The number of ether oxygens (including phenoxy) is 1. The molecule has 112 valence electrons. The fourth-order valence-electron chi connectivity index (χ4n) is 2.22. The molecule has 0 aliphatic rings. The molecular weight excluding hydrogens is 266 g/mol. The maximum absolute atomic E-state index is 11.8. The van der Waals surface area contributed by atoms with E-state index in [2.05, 4.69) is 31.8 Å². The average molecular weight is 287 g/mol. The van der Waals surface area contributed by atoms with Gasteiger partial charge in [-0.25, -0.2) is 9.78 Å². The summed E-state index contributed by atoms with van der Waals surface area (Å²) in [6.07, 6.45) is 0. The van der Waals surface area contributed by atoms with E-state index < -0.39 is 5.97 Å². The molecule has 0 bridgehead atoms. The van der Waals surface area contributed by atoms with Gasteiger partial charge in [0.25, 0.3) is 0 Å². The van der Waals surface area contributed by atoms with Gasteiger partial charge in [0.2, 0.25) is 11.7 Å². The van der Waals surface area contributed by atoms with Crippen molar-refractivity contribution >= 4 is 5.97 Å². The smallest absolute Gasteiger partial charge is 0.376 e. The van der Waals surface area contributed by atoms with Crippen LogP contribution in [0.5, 0.6) is 0 Å². The summed E-state index contributed by atoms with van der Waals surface area (Å²) < 4.78 is 10.6. The lowest BCUT2D eigenvalue weighted by molar-refractivity contribution is 0.0490. The molecule has 1 aromatic heterocycles. The van der Waals surface area contributed by atoms with Crippen molar-refractivity contribution in [3.8, 4) is 11.5 Å². The predicted octanol–water partition coefficient (Wildman–Crippen LogP) is 4.12. The third-order valence-electron chi connectivity index (χ3n) is 3.22. The summed E-state index contributed by atoms with van der Waals surface area (Å²) in [7, 11) is 0. The number of aryl methyl sites for hydroxylation is 1. The largest absolute Gasteiger partial charge is 0.460 e. The van der Waals surface area contributed by atoms with E-state index in [1.165, 1.54) is 0 Å². The minimum atomic E-state index is -0.470. The molecule has 2 rings (SSSR count). The van der Waals surface area contributed by atoms with Gasteiger partial charge in [-0.05, 0) is 30.9 Å². The molecule has 0 fully saturated rings. The van der Waals surface area contributed by atoms with E-state index in [-0.39, 0.29) is 11.2 Å². The Morgan fingerprint density at radius 2 is 1.95 bits per heavy atom. The monoisotopic (exact) mass is 287 g/mol. The Labute approximate surface area is 125 Å². The Kier molecular flexibility index (Phi) is 4.16. The molecule has 0 unspecified atom stereocenters. The lowest BCUT2D eigenvalue weighted by Crippen LogP contribution is -2.12. The van der Waals surface area contributed by atoms with Crippen LogP contribution in [0, 0.1) is 6.92 Å². The van der Waals surface area contributed by atoms with E-state index in [1.807, 2.05) is 18.2 Å². The van der Waals surface area contributed by atoms with Crippen molar-refractivity contribution in [2.45, 2.75) is 40.0 Å². The highest BCUT2D eigenvalue weighted by Gasteiger charge is 2.24. The zero-order valence-corrected chi connectivity index (χ0v) is 13.2. The van der Waals surface area contributed by atoms with Crippen molar-refractivity contribution in [1.29, 1.82) is 0 Å². The maximum Gasteiger partial charge on any atom is 0.376 e. The molecule has 1 aromatic carbocycles. The first-order chi connectivity index (χ1) is 9.84. The van der Waals surface area contributed by atoms with Crippen LogP contribution in [0.1, 0.15) is 49.5 Å². The van der Waals surface area contributed by atoms with Crippen LogP contribution in [-0.2, 0) is 10.2 Å². The van der Waals surface area contributed by atoms with Gasteiger partial charge in [-0.15, -0.1) is 0 Å². The van der Waals surface area contributed by atoms with Crippen LogP contribution in [0.2, 0.25) is 0 Å². The molecule has 0 atom stereocenters. The molecule has 0 aliphatic heterocycles. The van der Waals surface area contributed by atoms with Gasteiger partial charge in [0.05, 0.1) is 12.3 Å². The minimum absolute atomic E-state index is 0.0386. The molecule has 0 spiro atoms. The van der Waals surface area contributed by atoms with Crippen molar-refractivity contribution in [1.82, 2.24) is 4.98 Å². The summed E-state index contributed by atoms with van der Waals surface area (Å²) in [6, 6.07) is 7.94. The van der Waals surface area contributed by atoms with E-state index in [1.54, 1.807) is 13.8 Å². The summed E-state index contributed by atoms with van der Waals surface area (Å²) in [4.78, 5) is 16.2. The van der Waals surface area contributed by atoms with Gasteiger partial charge in [0.1, 0.15) is 0 Å². The average Bonchev–Trinajstić information content (AvgIpc) is 2.80. The summed E-state index contributed by atoms with van der Waals surface area (Å²) in [5.74, 6) is 0.165. The minimum Gasteiger partial charge on any atom is -0.460 e. The quantitative estimate of drug-likeness (QED) is 0.797. The second kappa shape index (κ2) is 5.72. The molecule has 2 aromatic rings. The highest BCUT2D eigenvalue weighted by atomic mass is 16.5. The van der Waals surface area contributed by atoms with Crippen molar-refractivity contribution < 1.29 is 13.9 Å². The van der Waals surface area contributed by atoms with Crippen molar-refractivity contribution in [3.63, 3.8) is 0 Å². The molecule has 0 radical (unpaired) electrons. The first-order valence-corrected chi connectivity index (χ1v) is 7.09. The molecule has 0 N–H and O–H groups in total. The number of oxazole rings is 1. The van der Waals surface area contributed by atoms with Gasteiger partial charge in [0, 0.05) is 5.56 Å². The fourth-order valence-corrected chi connectivity index (χ4v) is 2.22. The van der Waals surface area contributed by atoms with E-state index in [0.717, 1.165) is 11.1 Å². The first kappa shape index (κ1) is 15.3. The van der Waals surface area contributed by atoms with Crippen LogP contribution < -0.4 is 0 Å². The highest BCUT2D eigenvalue weighted by Crippen LogP contribution is 2.33. The molecular formula is C17H21NO3. The lowest BCUT2D eigenvalue weighted by atomic mass is 9.84. The third-order valence-corrected chi connectivity index (χ3v) is 3.22. The highest BCUT2D eigenvalue weighted by molar-refractivity contribution is 5.88. The fraction of sp³-hybridized carbons (Fsp3) is 0.412. The van der Waals surface area contributed by atoms with Crippen molar-refractivity contribution in [3.05, 3.63) is 41.3 Å². The molecule has 1 heterocycles. The van der Waals surface area contributed by atoms with E-state index in [9.17, 15) is 4.79 Å². The number of nitrogens with zero attached hydrogens (tertiary/aromatic N) is 1. The first-order valence-electron chi connectivity index (χ1n) is 7.09. The zero-order valence-electron chi connectivity index (χ0n) is 13.2. The Balaban J connectivity index is 2.50. The number of aromatic nitrogens is 1. The van der Waals surface area contributed by atoms with Crippen molar-refractivity contribution in [2.75, 3.05) is 6.61 Å². The topological polar surface area (TPSA) is 52.3 Å². The van der Waals surface area contributed by atoms with E-state index >= 15 is 0 Å². The number of esters is 1. The zero-order chi connectivity index (χ0) is 15.6. The van der Waals surface area contributed by atoms with Crippen LogP contribution in [0.3, 0.4) is 0 Å². The van der Waals surface area contributed by atoms with Gasteiger partial charge in [-0.1, -0.05) is 39.0 Å². The lowest BCUT2D eigenvalue weighted by Gasteiger charge is -2.21. The Morgan fingerprint density at radius 3 is 2.57 bits per heavy atom. The Hall–Kier alpha value is -2.10. The van der Waals surface area contributed by atoms with Gasteiger partial charge < -0.3 is 9.15 Å². The van der Waals surface area contributed by atoms with Crippen LogP contribution >= 0.6 is 0 Å². The predicted molar refractivity (Wildman–Crippen MR) is 81.3 cm³/mol. The molecule has 21 heavy (non-hydrogen) atoms. The number of hydrogen-bond donors (Lipinski definition) is 0. The van der Waals surface area contributed by atoms with Gasteiger partial charge >= 0.3 is 5.97 Å². The normalized spacial score (nSPS) is 11.5. The maximum atomic E-state index is 11.8. The van der Waals surface area contributed by atoms with Crippen LogP contribution in [0.15, 0.2) is 28.7 Å². The second-order valence-electron chi connectivity index (χ2n) is 5.95. The van der Waals surface area contributed by atoms with Gasteiger partial charge in [0.15, 0.2) is 0 Å². The van der Waals surface area contributed by atoms with Crippen LogP contribution in [-0.4, -0.2) is 17.6 Å². The molecule has 0 saturated carbocycles. The number of rotatable bonds is 3. The molecule has 0 saturated heterocycles. The summed E-state index contributed by atoms with van der Waals surface area (Å²) in [5.41, 5.74) is 2.54. The molecule has 0 amide bonds. The second-order valence-corrected chi connectivity index (χ2v) is 5.95. The standard InChI is InChI=1S/C17H21NO3/c1-6-20-16(19)14-11(2)18-15(21-14)12-9-7-8-10-13(12)17(3,4)5/h7-10H,6H2,1-5H3. The van der Waals surface area contributed by atoms with E-state index in [0.29, 0.717) is 18.2 Å². The van der Waals surface area contributed by atoms with E-state index in [4.69, 9.17) is 9.15 Å². The number of carbonyl (C=O) groups excluding carboxylic acids is 1. The van der Waals surface area contributed by atoms with Crippen LogP contribution in [0.25, 0.3) is 11.5 Å². The van der Waals surface area contributed by atoms with Gasteiger partial charge in [-0.2, -0.15) is 0 Å². The molecule has 4 nitrogen and oxygen atoms in total. The summed E-state index contributed by atoms with van der Waals surface area (Å²) >= 11 is 0. The number of hydrogen-bond acceptors (Lipinski definition) is 4. The summed E-state index contributed by atoms with van der Waals surface area (Å²) in [6.45, 7) is 10.2. The SMILES string of the molecule is CCOC(=O)c1oc(-c2ccccc2C(C)(C)C)nc1C. The Bertz CT molecular complexity index is 650.